The number of methoxy groups -OCH3 is 2. The van der Waals surface area contributed by atoms with Crippen molar-refractivity contribution in [2.24, 2.45) is 10.2 Å². The minimum absolute atomic E-state index is 0.245. The number of fused-ring (bicyclic) bond motifs is 1. The molecule has 0 aromatic heterocycles. The van der Waals surface area contributed by atoms with Crippen molar-refractivity contribution in [1.29, 1.82) is 0 Å². The molecule has 0 saturated carbocycles. The predicted octanol–water partition coefficient (Wildman–Crippen LogP) is 6.38. The van der Waals surface area contributed by atoms with E-state index in [0.29, 0.717) is 11.1 Å². The quantitative estimate of drug-likeness (QED) is 0.108. The van der Waals surface area contributed by atoms with Crippen LogP contribution >= 0.6 is 10.2 Å². The summed E-state index contributed by atoms with van der Waals surface area (Å²) in [5, 5.41) is 18.4. The molecule has 1 N–H and O–H groups in total. The number of aliphatic hydroxyl groups is 1. The van der Waals surface area contributed by atoms with Gasteiger partial charge >= 0.3 is 30.7 Å². The summed E-state index contributed by atoms with van der Waals surface area (Å²) < 4.78 is 10.2. The van der Waals surface area contributed by atoms with Gasteiger partial charge in [-0.05, 0) is 79.9 Å². The Balaban J connectivity index is 0.00000205. The molecule has 0 saturated heterocycles. The average Bonchev–Trinajstić information content (AvgIpc) is 3.22. The number of esters is 1. The van der Waals surface area contributed by atoms with Crippen molar-refractivity contribution in [3.8, 4) is 5.75 Å². The summed E-state index contributed by atoms with van der Waals surface area (Å²) in [7, 11) is 7.27. The molecule has 3 aromatic rings. The molecule has 207 valence electrons. The van der Waals surface area contributed by atoms with Crippen LogP contribution in [0.3, 0.4) is 0 Å². The van der Waals surface area contributed by atoms with Crippen LogP contribution in [-0.2, 0) is 31.1 Å². The zero-order valence-electron chi connectivity index (χ0n) is 22.2. The molecule has 4 rings (SSSR count). The molecule has 1 aliphatic rings. The Kier molecular flexibility index (Phi) is 10.7. The number of rotatable bonds is 8. The van der Waals surface area contributed by atoms with Crippen LogP contribution in [0.1, 0.15) is 40.9 Å². The predicted molar refractivity (Wildman–Crippen MR) is 153 cm³/mol. The molecule has 1 unspecified atom stereocenters. The third kappa shape index (κ3) is 6.70. The summed E-state index contributed by atoms with van der Waals surface area (Å²) in [6, 6.07) is 22.9. The van der Waals surface area contributed by atoms with E-state index in [0.717, 1.165) is 30.1 Å². The Hall–Kier alpha value is -3.61. The molecule has 3 aromatic carbocycles. The Morgan fingerprint density at radius 1 is 1.05 bits per heavy atom. The van der Waals surface area contributed by atoms with E-state index in [-0.39, 0.29) is 11.3 Å². The number of aliphatic hydroxyl groups excluding tert-OH is 1. The molecule has 1 aliphatic heterocycles. The van der Waals surface area contributed by atoms with Crippen LogP contribution in [0.15, 0.2) is 94.8 Å². The maximum atomic E-state index is 11.6. The van der Waals surface area contributed by atoms with Crippen LogP contribution in [0.5, 0.6) is 5.75 Å². The topological polar surface area (TPSA) is 83.7 Å². The van der Waals surface area contributed by atoms with Crippen LogP contribution in [0, 0.1) is 0 Å². The molecule has 0 radical (unpaired) electrons. The number of halogens is 1. The molecule has 0 fully saturated rings. The number of benzene rings is 3. The van der Waals surface area contributed by atoms with Gasteiger partial charge in [0.25, 0.3) is 0 Å². The number of anilines is 1. The van der Waals surface area contributed by atoms with Gasteiger partial charge in [-0.2, -0.15) is 5.10 Å². The minimum atomic E-state index is -0.443. The molecule has 7 nitrogen and oxygen atoms in total. The number of likely N-dealkylation sites (N-methyl/N-ethyl adjacent to an activating group) is 1. The van der Waals surface area contributed by atoms with E-state index in [4.69, 9.17) is 9.47 Å². The number of hydrogen-bond acceptors (Lipinski definition) is 6. The van der Waals surface area contributed by atoms with E-state index in [9.17, 15) is 9.90 Å². The summed E-state index contributed by atoms with van der Waals surface area (Å²) in [6.07, 6.45) is 4.35. The Labute approximate surface area is 241 Å². The Morgan fingerprint density at radius 2 is 1.72 bits per heavy atom. The Bertz CT molecular complexity index is 1360. The van der Waals surface area contributed by atoms with Gasteiger partial charge in [0.1, 0.15) is 5.75 Å². The molecule has 39 heavy (non-hydrogen) atoms. The molecular weight excluding hydrogens is 560 g/mol. The summed E-state index contributed by atoms with van der Waals surface area (Å²) in [4.78, 5) is 13.9. The molecule has 0 spiro atoms. The van der Waals surface area contributed by atoms with Crippen LogP contribution in [0.25, 0.3) is 0 Å². The fourth-order valence-corrected chi connectivity index (χ4v) is 4.81. The second kappa shape index (κ2) is 14.0. The zero-order valence-corrected chi connectivity index (χ0v) is 23.9. The fraction of sp³-hybridized carbons (Fsp3) is 0.233. The van der Waals surface area contributed by atoms with Crippen LogP contribution in [-0.4, -0.2) is 44.0 Å². The van der Waals surface area contributed by atoms with Gasteiger partial charge in [-0.15, -0.1) is 5.10 Å². The van der Waals surface area contributed by atoms with Gasteiger partial charge in [0.2, 0.25) is 5.90 Å². The van der Waals surface area contributed by atoms with Crippen molar-refractivity contribution in [2.45, 2.75) is 25.7 Å². The van der Waals surface area contributed by atoms with Crippen LogP contribution in [0.4, 0.5) is 5.69 Å². The number of nitrogens with zero attached hydrogens (tertiary/aromatic N) is 3. The molecule has 0 aliphatic carbocycles. The van der Waals surface area contributed by atoms with E-state index in [1.807, 2.05) is 18.2 Å². The van der Waals surface area contributed by atoms with Crippen molar-refractivity contribution >= 4 is 34.0 Å². The van der Waals surface area contributed by atoms with Gasteiger partial charge in [-0.25, -0.2) is 4.79 Å². The maximum absolute atomic E-state index is 11.6. The van der Waals surface area contributed by atoms with Crippen LogP contribution < -0.4 is 9.64 Å². The number of carbonyl (C=O) groups excluding carboxylic acids is 1. The van der Waals surface area contributed by atoms with Crippen molar-refractivity contribution in [3.63, 3.8) is 0 Å². The number of hydrogen-bond donors (Lipinski definition) is 1. The zero-order chi connectivity index (χ0) is 28.4. The Morgan fingerprint density at radius 3 is 2.33 bits per heavy atom. The van der Waals surface area contributed by atoms with E-state index in [2.05, 4.69) is 90.1 Å². The summed E-state index contributed by atoms with van der Waals surface area (Å²) >= 11 is 3.35. The first-order valence-corrected chi connectivity index (χ1v) is 13.6. The summed E-state index contributed by atoms with van der Waals surface area (Å²) in [6.45, 7) is 5.14. The van der Waals surface area contributed by atoms with E-state index >= 15 is 0 Å². The summed E-state index contributed by atoms with van der Waals surface area (Å²) in [5.41, 5.74) is 5.15. The number of ether oxygens (including phenoxy) is 2. The second-order valence-corrected chi connectivity index (χ2v) is 8.93. The molecule has 9 heteroatoms. The van der Waals surface area contributed by atoms with Crippen molar-refractivity contribution in [3.05, 3.63) is 107 Å². The first kappa shape index (κ1) is 29.9. The van der Waals surface area contributed by atoms with E-state index in [1.165, 1.54) is 18.2 Å². The van der Waals surface area contributed by atoms with Gasteiger partial charge < -0.3 is 19.5 Å². The number of carbonyl (C=O) groups is 1. The first-order valence-electron chi connectivity index (χ1n) is 12.2. The molecular formula is C30H31ClN3NiO4. The molecule has 1 atom stereocenters. The third-order valence-corrected chi connectivity index (χ3v) is 6.68. The average molecular weight is 592 g/mol. The van der Waals surface area contributed by atoms with Crippen molar-refractivity contribution in [2.75, 3.05) is 25.7 Å². The van der Waals surface area contributed by atoms with Gasteiger partial charge in [0.15, 0.2) is 0 Å². The fourth-order valence-electron chi connectivity index (χ4n) is 4.81. The second-order valence-electron chi connectivity index (χ2n) is 8.93. The van der Waals surface area contributed by atoms with Crippen molar-refractivity contribution < 1.29 is 33.9 Å². The van der Waals surface area contributed by atoms with Gasteiger partial charge in [0, 0.05) is 28.9 Å². The normalized spacial score (nSPS) is 17.6. The number of allylic oxidation sites excluding steroid dienone is 2. The first-order chi connectivity index (χ1) is 18.9. The molecule has 0 amide bonds. The standard InChI is InChI=1S/C30H31N3O4.ClH.Ni/c1-5-33-26-16-15-24(36-3)19-25(26)30(2,20-21-9-7-6-8-10-21)27(33)17-18-31-32-28(34)22-11-13-23(14-12-22)29(35)37-4;;/h6-19H,5,20H2,1-4H3,(H,32,34);1H;/q;;+1/p-1/b27-17-,31-18+;;. The van der Waals surface area contributed by atoms with Crippen LogP contribution in [0.2, 0.25) is 0 Å². The van der Waals surface area contributed by atoms with Crippen molar-refractivity contribution in [1.82, 2.24) is 0 Å². The summed E-state index contributed by atoms with van der Waals surface area (Å²) in [5.74, 6) is 0.128. The van der Waals surface area contributed by atoms with Gasteiger partial charge in [-0.1, -0.05) is 30.3 Å². The molecule has 0 bridgehead atoms. The third-order valence-electron chi connectivity index (χ3n) is 6.68. The SMILES string of the molecule is CCN1\C(=C/C=N/N=C(\O)c2ccc(C(=O)OC)cc2)C(C)(Cc2ccccc2)c2cc(OC)ccc21.[Cl][Ni]. The monoisotopic (exact) mass is 590 g/mol. The van der Waals surface area contributed by atoms with E-state index < -0.39 is 5.97 Å². The van der Waals surface area contributed by atoms with E-state index in [1.54, 1.807) is 37.6 Å². The van der Waals surface area contributed by atoms with Gasteiger partial charge in [-0.3, -0.25) is 0 Å². The molecule has 1 heterocycles. The van der Waals surface area contributed by atoms with Gasteiger partial charge in [0.05, 0.1) is 26.0 Å².